The van der Waals surface area contributed by atoms with E-state index in [0.29, 0.717) is 5.88 Å². The van der Waals surface area contributed by atoms with Crippen molar-refractivity contribution in [1.29, 1.82) is 0 Å². The highest BCUT2D eigenvalue weighted by Crippen LogP contribution is 2.11. The first-order chi connectivity index (χ1) is 6.31. The Morgan fingerprint density at radius 2 is 2.31 bits per heavy atom. The van der Waals surface area contributed by atoms with Crippen molar-refractivity contribution in [3.8, 4) is 5.88 Å². The molecule has 0 aliphatic carbocycles. The predicted octanol–water partition coefficient (Wildman–Crippen LogP) is 0.932. The number of ether oxygens (including phenoxy) is 1. The fraction of sp³-hybridized carbons (Fsp3) is 0.333. The number of hydrogen-bond acceptors (Lipinski definition) is 4. The van der Waals surface area contributed by atoms with Crippen LogP contribution in [0.5, 0.6) is 5.88 Å². The molecule has 1 unspecified atom stereocenters. The summed E-state index contributed by atoms with van der Waals surface area (Å²) in [6, 6.07) is 3.67. The van der Waals surface area contributed by atoms with E-state index in [1.54, 1.807) is 19.3 Å². The van der Waals surface area contributed by atoms with Crippen LogP contribution < -0.4 is 10.1 Å². The first-order valence-corrected chi connectivity index (χ1v) is 3.99. The molecule has 0 saturated heterocycles. The Balaban J connectivity index is 2.83. The van der Waals surface area contributed by atoms with Gasteiger partial charge in [-0.05, 0) is 13.1 Å². The number of likely N-dealkylation sites (N-methyl/N-ethyl adjacent to an activating group) is 1. The van der Waals surface area contributed by atoms with Crippen molar-refractivity contribution >= 4 is 0 Å². The van der Waals surface area contributed by atoms with Crippen LogP contribution in [0.25, 0.3) is 0 Å². The lowest BCUT2D eigenvalue weighted by Gasteiger charge is -2.09. The van der Waals surface area contributed by atoms with Gasteiger partial charge in [-0.1, -0.05) is 6.08 Å². The molecule has 0 fully saturated rings. The van der Waals surface area contributed by atoms with Crippen LogP contribution in [0.4, 0.5) is 0 Å². The highest BCUT2D eigenvalue weighted by Gasteiger charge is 2.06. The van der Waals surface area contributed by atoms with E-state index in [0.717, 1.165) is 5.69 Å². The maximum atomic E-state index is 4.90. The first-order valence-electron chi connectivity index (χ1n) is 3.99. The van der Waals surface area contributed by atoms with Gasteiger partial charge in [0.15, 0.2) is 0 Å². The van der Waals surface area contributed by atoms with Gasteiger partial charge in [0.2, 0.25) is 5.88 Å². The number of nitrogens with one attached hydrogen (secondary N) is 1. The molecular formula is C9H13N3O. The summed E-state index contributed by atoms with van der Waals surface area (Å²) in [5.74, 6) is 0.516. The molecule has 0 aliphatic rings. The third kappa shape index (κ3) is 2.26. The fourth-order valence-electron chi connectivity index (χ4n) is 0.992. The summed E-state index contributed by atoms with van der Waals surface area (Å²) >= 11 is 0. The van der Waals surface area contributed by atoms with Gasteiger partial charge < -0.3 is 10.1 Å². The summed E-state index contributed by atoms with van der Waals surface area (Å²) in [4.78, 5) is 0. The second kappa shape index (κ2) is 4.57. The SMILES string of the molecule is C=CC(NC)c1ccc(OC)nn1. The maximum absolute atomic E-state index is 4.90. The van der Waals surface area contributed by atoms with Crippen LogP contribution in [0.2, 0.25) is 0 Å². The minimum absolute atomic E-state index is 0.0402. The number of hydrogen-bond donors (Lipinski definition) is 1. The molecule has 1 rings (SSSR count). The Morgan fingerprint density at radius 3 is 2.69 bits per heavy atom. The third-order valence-electron chi connectivity index (χ3n) is 1.74. The molecule has 1 N–H and O–H groups in total. The molecular weight excluding hydrogens is 166 g/mol. The molecule has 0 aliphatic heterocycles. The molecule has 13 heavy (non-hydrogen) atoms. The Morgan fingerprint density at radius 1 is 1.54 bits per heavy atom. The normalized spacial score (nSPS) is 12.2. The molecule has 1 aromatic rings. The van der Waals surface area contributed by atoms with E-state index >= 15 is 0 Å². The van der Waals surface area contributed by atoms with Crippen LogP contribution >= 0.6 is 0 Å². The van der Waals surface area contributed by atoms with E-state index in [9.17, 15) is 0 Å². The van der Waals surface area contributed by atoms with Crippen LogP contribution in [-0.4, -0.2) is 24.4 Å². The molecule has 1 atom stereocenters. The van der Waals surface area contributed by atoms with Gasteiger partial charge in [0, 0.05) is 6.07 Å². The standard InChI is InChI=1S/C9H13N3O/c1-4-7(10-2)8-5-6-9(13-3)12-11-8/h4-7,10H,1H2,2-3H3. The Hall–Kier alpha value is -1.42. The molecule has 70 valence electrons. The predicted molar refractivity (Wildman–Crippen MR) is 50.6 cm³/mol. The molecule has 4 heteroatoms. The minimum Gasteiger partial charge on any atom is -0.480 e. The van der Waals surface area contributed by atoms with Gasteiger partial charge in [0.25, 0.3) is 0 Å². The summed E-state index contributed by atoms with van der Waals surface area (Å²) < 4.78 is 4.90. The molecule has 0 amide bonds. The van der Waals surface area contributed by atoms with Crippen molar-refractivity contribution in [3.63, 3.8) is 0 Å². The second-order valence-corrected chi connectivity index (χ2v) is 2.50. The summed E-state index contributed by atoms with van der Waals surface area (Å²) in [6.07, 6.45) is 1.77. The van der Waals surface area contributed by atoms with Crippen LogP contribution in [0.3, 0.4) is 0 Å². The van der Waals surface area contributed by atoms with Crippen molar-refractivity contribution in [2.75, 3.05) is 14.2 Å². The van der Waals surface area contributed by atoms with Gasteiger partial charge in [0.05, 0.1) is 18.8 Å². The second-order valence-electron chi connectivity index (χ2n) is 2.50. The number of rotatable bonds is 4. The lowest BCUT2D eigenvalue weighted by atomic mass is 10.2. The Labute approximate surface area is 77.6 Å². The van der Waals surface area contributed by atoms with Gasteiger partial charge in [-0.2, -0.15) is 0 Å². The van der Waals surface area contributed by atoms with Gasteiger partial charge in [0.1, 0.15) is 0 Å². The maximum Gasteiger partial charge on any atom is 0.233 e. The average molecular weight is 179 g/mol. The van der Waals surface area contributed by atoms with E-state index in [2.05, 4.69) is 22.1 Å². The van der Waals surface area contributed by atoms with Crippen LogP contribution in [0, 0.1) is 0 Å². The van der Waals surface area contributed by atoms with Gasteiger partial charge >= 0.3 is 0 Å². The monoisotopic (exact) mass is 179 g/mol. The number of aromatic nitrogens is 2. The summed E-state index contributed by atoms with van der Waals surface area (Å²) in [6.45, 7) is 3.69. The Bertz CT molecular complexity index is 271. The zero-order valence-electron chi connectivity index (χ0n) is 7.82. The van der Waals surface area contributed by atoms with Gasteiger partial charge in [-0.3, -0.25) is 0 Å². The molecule has 0 radical (unpaired) electrons. The lowest BCUT2D eigenvalue weighted by molar-refractivity contribution is 0.390. The van der Waals surface area contributed by atoms with E-state index in [1.807, 2.05) is 13.1 Å². The van der Waals surface area contributed by atoms with Gasteiger partial charge in [-0.25, -0.2) is 0 Å². The van der Waals surface area contributed by atoms with Crippen molar-refractivity contribution in [3.05, 3.63) is 30.5 Å². The van der Waals surface area contributed by atoms with E-state index in [4.69, 9.17) is 4.74 Å². The average Bonchev–Trinajstić information content (AvgIpc) is 2.21. The summed E-state index contributed by atoms with van der Waals surface area (Å²) in [7, 11) is 3.41. The molecule has 1 aromatic heterocycles. The Kier molecular flexibility index (Phi) is 3.40. The largest absolute Gasteiger partial charge is 0.480 e. The van der Waals surface area contributed by atoms with E-state index in [1.165, 1.54) is 0 Å². The number of methoxy groups -OCH3 is 1. The quantitative estimate of drug-likeness (QED) is 0.698. The topological polar surface area (TPSA) is 47.0 Å². The zero-order valence-corrected chi connectivity index (χ0v) is 7.82. The molecule has 0 bridgehead atoms. The van der Waals surface area contributed by atoms with Crippen molar-refractivity contribution < 1.29 is 4.74 Å². The fourth-order valence-corrected chi connectivity index (χ4v) is 0.992. The lowest BCUT2D eigenvalue weighted by Crippen LogP contribution is -2.15. The van der Waals surface area contributed by atoms with Crippen LogP contribution in [0.15, 0.2) is 24.8 Å². The summed E-state index contributed by atoms with van der Waals surface area (Å²) in [5.41, 5.74) is 0.832. The summed E-state index contributed by atoms with van der Waals surface area (Å²) in [5, 5.41) is 10.9. The van der Waals surface area contributed by atoms with Crippen LogP contribution in [-0.2, 0) is 0 Å². The molecule has 0 aromatic carbocycles. The molecule has 0 spiro atoms. The number of nitrogens with zero attached hydrogens (tertiary/aromatic N) is 2. The smallest absolute Gasteiger partial charge is 0.233 e. The van der Waals surface area contributed by atoms with Crippen molar-refractivity contribution in [2.45, 2.75) is 6.04 Å². The zero-order chi connectivity index (χ0) is 9.68. The molecule has 0 saturated carbocycles. The van der Waals surface area contributed by atoms with Crippen molar-refractivity contribution in [2.24, 2.45) is 0 Å². The van der Waals surface area contributed by atoms with Gasteiger partial charge in [-0.15, -0.1) is 16.8 Å². The van der Waals surface area contributed by atoms with Crippen molar-refractivity contribution in [1.82, 2.24) is 15.5 Å². The van der Waals surface area contributed by atoms with E-state index in [-0.39, 0.29) is 6.04 Å². The third-order valence-corrected chi connectivity index (χ3v) is 1.74. The highest BCUT2D eigenvalue weighted by atomic mass is 16.5. The van der Waals surface area contributed by atoms with E-state index < -0.39 is 0 Å². The highest BCUT2D eigenvalue weighted by molar-refractivity contribution is 5.16. The van der Waals surface area contributed by atoms with Crippen LogP contribution in [0.1, 0.15) is 11.7 Å². The molecule has 4 nitrogen and oxygen atoms in total. The first kappa shape index (κ1) is 9.67. The molecule has 1 heterocycles. The minimum atomic E-state index is 0.0402.